The number of aldehydes is 1. The Morgan fingerprint density at radius 2 is 2.09 bits per heavy atom. The molecule has 1 atom stereocenters. The third-order valence-corrected chi connectivity index (χ3v) is 1.31. The lowest BCUT2D eigenvalue weighted by Gasteiger charge is -2.24. The minimum Gasteiger partial charge on any atom is -0.387 e. The highest BCUT2D eigenvalue weighted by Crippen LogP contribution is 2.12. The van der Waals surface area contributed by atoms with E-state index < -0.39 is 11.7 Å². The van der Waals surface area contributed by atoms with E-state index in [0.717, 1.165) is 0 Å². The van der Waals surface area contributed by atoms with Gasteiger partial charge in [0.2, 0.25) is 0 Å². The van der Waals surface area contributed by atoms with E-state index >= 15 is 0 Å². The van der Waals surface area contributed by atoms with E-state index in [1.165, 1.54) is 19.3 Å². The van der Waals surface area contributed by atoms with E-state index in [2.05, 4.69) is 0 Å². The van der Waals surface area contributed by atoms with Crippen molar-refractivity contribution < 1.29 is 14.6 Å². The molecule has 1 N–H and O–H groups in total. The molecule has 3 nitrogen and oxygen atoms in total. The summed E-state index contributed by atoms with van der Waals surface area (Å²) in [5.74, 6) is 0. The third kappa shape index (κ3) is 3.91. The lowest BCUT2D eigenvalue weighted by molar-refractivity contribution is -0.104. The van der Waals surface area contributed by atoms with Crippen LogP contribution in [0.1, 0.15) is 13.8 Å². The molecule has 0 aliphatic carbocycles. The Labute approximate surface area is 66.7 Å². The number of methoxy groups -OCH3 is 1. The van der Waals surface area contributed by atoms with Crippen LogP contribution in [0.2, 0.25) is 0 Å². The highest BCUT2D eigenvalue weighted by molar-refractivity contribution is 5.64. The second-order valence-corrected chi connectivity index (χ2v) is 2.83. The van der Waals surface area contributed by atoms with Crippen molar-refractivity contribution in [3.05, 3.63) is 12.2 Å². The maximum absolute atomic E-state index is 9.93. The Morgan fingerprint density at radius 1 is 1.55 bits per heavy atom. The molecule has 0 aromatic rings. The lowest BCUT2D eigenvalue weighted by Crippen LogP contribution is -2.35. The molecule has 0 amide bonds. The number of rotatable bonds is 4. The van der Waals surface area contributed by atoms with Gasteiger partial charge in [-0.3, -0.25) is 4.79 Å². The van der Waals surface area contributed by atoms with Crippen molar-refractivity contribution in [3.63, 3.8) is 0 Å². The van der Waals surface area contributed by atoms with Crippen LogP contribution in [0, 0.1) is 0 Å². The summed E-state index contributed by atoms with van der Waals surface area (Å²) in [7, 11) is 1.48. The lowest BCUT2D eigenvalue weighted by atomic mass is 10.0. The zero-order valence-corrected chi connectivity index (χ0v) is 7.07. The number of ether oxygens (including phenoxy) is 1. The van der Waals surface area contributed by atoms with Gasteiger partial charge in [-0.1, -0.05) is 0 Å². The Hall–Kier alpha value is -0.670. The molecule has 0 aromatic carbocycles. The van der Waals surface area contributed by atoms with Gasteiger partial charge < -0.3 is 9.84 Å². The molecule has 0 aromatic heterocycles. The zero-order chi connectivity index (χ0) is 8.91. The second-order valence-electron chi connectivity index (χ2n) is 2.83. The van der Waals surface area contributed by atoms with Crippen LogP contribution < -0.4 is 0 Å². The van der Waals surface area contributed by atoms with E-state index in [4.69, 9.17) is 4.74 Å². The van der Waals surface area contributed by atoms with Gasteiger partial charge in [0.15, 0.2) is 0 Å². The Kier molecular flexibility index (Phi) is 4.00. The third-order valence-electron chi connectivity index (χ3n) is 1.31. The van der Waals surface area contributed by atoms with Gasteiger partial charge >= 0.3 is 0 Å². The smallest absolute Gasteiger partial charge is 0.142 e. The number of hydrogen-bond acceptors (Lipinski definition) is 3. The van der Waals surface area contributed by atoms with Crippen molar-refractivity contribution in [2.75, 3.05) is 7.11 Å². The van der Waals surface area contributed by atoms with Gasteiger partial charge in [-0.25, -0.2) is 0 Å². The number of aliphatic hydroxyl groups is 1. The normalized spacial score (nSPS) is 15.3. The van der Waals surface area contributed by atoms with Crippen LogP contribution in [0.5, 0.6) is 0 Å². The minimum absolute atomic E-state index is 0.437. The number of carbonyl (C=O) groups excluding carboxylic acids is 1. The molecular formula is C8H14O3. The van der Waals surface area contributed by atoms with E-state index in [1.807, 2.05) is 0 Å². The van der Waals surface area contributed by atoms with Crippen LogP contribution >= 0.6 is 0 Å². The van der Waals surface area contributed by atoms with Crippen LogP contribution in [0.25, 0.3) is 0 Å². The average Bonchev–Trinajstić information content (AvgIpc) is 1.87. The first-order valence-electron chi connectivity index (χ1n) is 3.39. The summed E-state index contributed by atoms with van der Waals surface area (Å²) in [5, 5.41) is 9.41. The van der Waals surface area contributed by atoms with Crippen molar-refractivity contribution in [2.45, 2.75) is 25.6 Å². The Balaban J connectivity index is 4.17. The fourth-order valence-electron chi connectivity index (χ4n) is 0.749. The maximum atomic E-state index is 9.93. The number of allylic oxidation sites excluding steroid dienone is 1. The van der Waals surface area contributed by atoms with Crippen LogP contribution in [0.3, 0.4) is 0 Å². The molecule has 0 saturated carbocycles. The van der Waals surface area contributed by atoms with E-state index in [-0.39, 0.29) is 0 Å². The quantitative estimate of drug-likeness (QED) is 0.479. The molecule has 0 radical (unpaired) electrons. The standard InChI is InChI=1S/C8H14O3/c1-8(2,10)7(11-3)5-4-6-9/h4-7,10H,1-3H3/b5-4+/t7-/m1/s1. The van der Waals surface area contributed by atoms with Gasteiger partial charge in [0.1, 0.15) is 12.4 Å². The Bertz CT molecular complexity index is 144. The molecule has 3 heteroatoms. The molecule has 64 valence electrons. The summed E-state index contributed by atoms with van der Waals surface area (Å²) in [6, 6.07) is 0. The van der Waals surface area contributed by atoms with Crippen molar-refractivity contribution in [2.24, 2.45) is 0 Å². The Morgan fingerprint density at radius 3 is 2.36 bits per heavy atom. The van der Waals surface area contributed by atoms with Gasteiger partial charge in [0, 0.05) is 7.11 Å². The monoisotopic (exact) mass is 158 g/mol. The molecule has 0 aliphatic rings. The first-order valence-corrected chi connectivity index (χ1v) is 3.39. The first-order chi connectivity index (χ1) is 5.02. The van der Waals surface area contributed by atoms with Gasteiger partial charge in [0.05, 0.1) is 5.60 Å². The van der Waals surface area contributed by atoms with Crippen molar-refractivity contribution in [3.8, 4) is 0 Å². The summed E-state index contributed by atoms with van der Waals surface area (Å²) in [4.78, 5) is 9.93. The molecule has 0 rings (SSSR count). The van der Waals surface area contributed by atoms with Crippen molar-refractivity contribution in [1.29, 1.82) is 0 Å². The van der Waals surface area contributed by atoms with Crippen LogP contribution in [-0.2, 0) is 9.53 Å². The molecule has 0 fully saturated rings. The predicted molar refractivity (Wildman–Crippen MR) is 42.3 cm³/mol. The zero-order valence-electron chi connectivity index (χ0n) is 7.07. The maximum Gasteiger partial charge on any atom is 0.142 e. The fourth-order valence-corrected chi connectivity index (χ4v) is 0.749. The summed E-state index contributed by atoms with van der Waals surface area (Å²) in [5.41, 5.74) is -0.950. The van der Waals surface area contributed by atoms with Gasteiger partial charge in [-0.05, 0) is 26.0 Å². The highest BCUT2D eigenvalue weighted by atomic mass is 16.5. The summed E-state index contributed by atoms with van der Waals surface area (Å²) in [6.45, 7) is 3.24. The van der Waals surface area contributed by atoms with Crippen LogP contribution in [0.15, 0.2) is 12.2 Å². The summed E-state index contributed by atoms with van der Waals surface area (Å²) >= 11 is 0. The van der Waals surface area contributed by atoms with E-state index in [1.54, 1.807) is 13.8 Å². The minimum atomic E-state index is -0.950. The van der Waals surface area contributed by atoms with Crippen LogP contribution in [0.4, 0.5) is 0 Å². The molecule has 11 heavy (non-hydrogen) atoms. The topological polar surface area (TPSA) is 46.5 Å². The van der Waals surface area contributed by atoms with Crippen LogP contribution in [-0.4, -0.2) is 30.2 Å². The molecule has 0 spiro atoms. The molecule has 0 aliphatic heterocycles. The number of hydrogen-bond donors (Lipinski definition) is 1. The molecular weight excluding hydrogens is 144 g/mol. The van der Waals surface area contributed by atoms with E-state index in [0.29, 0.717) is 6.29 Å². The highest BCUT2D eigenvalue weighted by Gasteiger charge is 2.23. The largest absolute Gasteiger partial charge is 0.387 e. The van der Waals surface area contributed by atoms with Crippen molar-refractivity contribution in [1.82, 2.24) is 0 Å². The SMILES string of the molecule is CO[C@H](/C=C/C=O)C(C)(C)O. The first kappa shape index (κ1) is 10.3. The average molecular weight is 158 g/mol. The van der Waals surface area contributed by atoms with Crippen molar-refractivity contribution >= 4 is 6.29 Å². The predicted octanol–water partition coefficient (Wildman–Crippen LogP) is 0.527. The molecule has 0 unspecified atom stereocenters. The van der Waals surface area contributed by atoms with Gasteiger partial charge in [-0.15, -0.1) is 0 Å². The summed E-state index contributed by atoms with van der Waals surface area (Å²) < 4.78 is 4.92. The fraction of sp³-hybridized carbons (Fsp3) is 0.625. The number of carbonyl (C=O) groups is 1. The van der Waals surface area contributed by atoms with E-state index in [9.17, 15) is 9.90 Å². The summed E-state index contributed by atoms with van der Waals surface area (Å²) in [6.07, 6.45) is 3.05. The second kappa shape index (κ2) is 4.26. The molecule has 0 saturated heterocycles. The molecule has 0 bridgehead atoms. The van der Waals surface area contributed by atoms with Gasteiger partial charge in [0.25, 0.3) is 0 Å². The molecule has 0 heterocycles. The van der Waals surface area contributed by atoms with Gasteiger partial charge in [-0.2, -0.15) is 0 Å².